The van der Waals surface area contributed by atoms with Gasteiger partial charge in [-0.1, -0.05) is 28.1 Å². The van der Waals surface area contributed by atoms with Crippen LogP contribution in [0, 0.1) is 6.92 Å². The molecule has 0 saturated heterocycles. The van der Waals surface area contributed by atoms with Crippen molar-refractivity contribution in [3.05, 3.63) is 44.9 Å². The van der Waals surface area contributed by atoms with Crippen molar-refractivity contribution in [1.29, 1.82) is 0 Å². The van der Waals surface area contributed by atoms with Crippen molar-refractivity contribution >= 4 is 50.1 Å². The van der Waals surface area contributed by atoms with Crippen LogP contribution in [-0.2, 0) is 11.2 Å². The number of halogens is 1. The standard InChI is InChI=1S/C15H17BrN2OS2/c1-10-7-11(3-4-13(10)16)8-12-9-17-15(21-12)18-14(19)5-6-20-2/h3-4,7,9H,5-6,8H2,1-2H3,(H,17,18,19). The van der Waals surface area contributed by atoms with E-state index in [4.69, 9.17) is 0 Å². The minimum Gasteiger partial charge on any atom is -0.302 e. The second-order valence-electron chi connectivity index (χ2n) is 4.68. The molecule has 0 bridgehead atoms. The quantitative estimate of drug-likeness (QED) is 0.796. The molecule has 1 N–H and O–H groups in total. The van der Waals surface area contributed by atoms with E-state index in [1.165, 1.54) is 22.5 Å². The molecule has 1 aromatic carbocycles. The summed E-state index contributed by atoms with van der Waals surface area (Å²) in [5, 5.41) is 3.54. The number of thioether (sulfide) groups is 1. The van der Waals surface area contributed by atoms with Crippen LogP contribution in [0.15, 0.2) is 28.9 Å². The minimum atomic E-state index is 0.0322. The first kappa shape index (κ1) is 16.5. The van der Waals surface area contributed by atoms with Crippen molar-refractivity contribution < 1.29 is 4.79 Å². The molecule has 0 saturated carbocycles. The van der Waals surface area contributed by atoms with E-state index in [1.807, 2.05) is 12.5 Å². The normalized spacial score (nSPS) is 10.6. The molecular formula is C15H17BrN2OS2. The number of amides is 1. The van der Waals surface area contributed by atoms with Gasteiger partial charge in [-0.15, -0.1) is 11.3 Å². The Bertz CT molecular complexity index is 628. The van der Waals surface area contributed by atoms with Gasteiger partial charge < -0.3 is 5.32 Å². The first-order valence-corrected chi connectivity index (χ1v) is 9.57. The Balaban J connectivity index is 1.96. The van der Waals surface area contributed by atoms with Gasteiger partial charge in [-0.05, 0) is 30.4 Å². The lowest BCUT2D eigenvalue weighted by atomic mass is 10.1. The van der Waals surface area contributed by atoms with Crippen LogP contribution in [0.1, 0.15) is 22.4 Å². The first-order valence-electron chi connectivity index (χ1n) is 6.57. The fourth-order valence-electron chi connectivity index (χ4n) is 1.84. The van der Waals surface area contributed by atoms with Crippen molar-refractivity contribution in [3.63, 3.8) is 0 Å². The van der Waals surface area contributed by atoms with Crippen LogP contribution in [0.4, 0.5) is 5.13 Å². The Hall–Kier alpha value is -0.850. The summed E-state index contributed by atoms with van der Waals surface area (Å²) in [6.45, 7) is 2.08. The molecule has 0 radical (unpaired) electrons. The molecule has 0 aliphatic rings. The predicted molar refractivity (Wildman–Crippen MR) is 95.4 cm³/mol. The van der Waals surface area contributed by atoms with Gasteiger partial charge >= 0.3 is 0 Å². The molecule has 1 aromatic heterocycles. The van der Waals surface area contributed by atoms with Crippen molar-refractivity contribution in [2.45, 2.75) is 19.8 Å². The average Bonchev–Trinajstić information content (AvgIpc) is 2.88. The highest BCUT2D eigenvalue weighted by molar-refractivity contribution is 9.10. The summed E-state index contributed by atoms with van der Waals surface area (Å²) in [4.78, 5) is 17.1. The van der Waals surface area contributed by atoms with E-state index in [9.17, 15) is 4.79 Å². The van der Waals surface area contributed by atoms with E-state index in [0.717, 1.165) is 21.5 Å². The van der Waals surface area contributed by atoms with E-state index >= 15 is 0 Å². The summed E-state index contributed by atoms with van der Waals surface area (Å²) in [6, 6.07) is 6.34. The van der Waals surface area contributed by atoms with E-state index < -0.39 is 0 Å². The van der Waals surface area contributed by atoms with Crippen LogP contribution in [-0.4, -0.2) is 22.9 Å². The number of rotatable bonds is 6. The number of nitrogens with one attached hydrogen (secondary N) is 1. The van der Waals surface area contributed by atoms with Crippen LogP contribution in [0.2, 0.25) is 0 Å². The maximum absolute atomic E-state index is 11.7. The molecule has 21 heavy (non-hydrogen) atoms. The molecule has 0 unspecified atom stereocenters. The molecule has 0 fully saturated rings. The molecule has 0 atom stereocenters. The number of nitrogens with zero attached hydrogens (tertiary/aromatic N) is 1. The molecule has 0 aliphatic heterocycles. The molecule has 3 nitrogen and oxygen atoms in total. The van der Waals surface area contributed by atoms with Gasteiger partial charge in [0.25, 0.3) is 0 Å². The predicted octanol–water partition coefficient (Wildman–Crippen LogP) is 4.50. The third-order valence-electron chi connectivity index (χ3n) is 2.93. The molecule has 2 aromatic rings. The maximum Gasteiger partial charge on any atom is 0.226 e. The number of carbonyl (C=O) groups excluding carboxylic acids is 1. The zero-order chi connectivity index (χ0) is 15.2. The topological polar surface area (TPSA) is 42.0 Å². The van der Waals surface area contributed by atoms with Gasteiger partial charge in [-0.25, -0.2) is 4.98 Å². The van der Waals surface area contributed by atoms with Crippen LogP contribution in [0.25, 0.3) is 0 Å². The molecule has 0 spiro atoms. The number of aromatic nitrogens is 1. The maximum atomic E-state index is 11.7. The number of hydrogen-bond acceptors (Lipinski definition) is 4. The van der Waals surface area contributed by atoms with Crippen LogP contribution < -0.4 is 5.32 Å². The lowest BCUT2D eigenvalue weighted by molar-refractivity contribution is -0.115. The van der Waals surface area contributed by atoms with Gasteiger partial charge in [0.2, 0.25) is 5.91 Å². The van der Waals surface area contributed by atoms with E-state index in [-0.39, 0.29) is 5.91 Å². The van der Waals surface area contributed by atoms with E-state index in [0.29, 0.717) is 11.6 Å². The summed E-state index contributed by atoms with van der Waals surface area (Å²) >= 11 is 6.71. The number of hydrogen-bond donors (Lipinski definition) is 1. The molecule has 0 aliphatic carbocycles. The Morgan fingerprint density at radius 2 is 2.29 bits per heavy atom. The van der Waals surface area contributed by atoms with E-state index in [1.54, 1.807) is 11.8 Å². The van der Waals surface area contributed by atoms with Crippen LogP contribution in [0.5, 0.6) is 0 Å². The van der Waals surface area contributed by atoms with Crippen molar-refractivity contribution in [1.82, 2.24) is 4.98 Å². The molecule has 1 heterocycles. The lowest BCUT2D eigenvalue weighted by Crippen LogP contribution is -2.11. The number of aryl methyl sites for hydroxylation is 1. The zero-order valence-electron chi connectivity index (χ0n) is 12.0. The fraction of sp³-hybridized carbons (Fsp3) is 0.333. The number of anilines is 1. The molecular weight excluding hydrogens is 368 g/mol. The molecule has 6 heteroatoms. The summed E-state index contributed by atoms with van der Waals surface area (Å²) in [5.74, 6) is 0.868. The number of thiazole rings is 1. The SMILES string of the molecule is CSCCC(=O)Nc1ncc(Cc2ccc(Br)c(C)c2)s1. The van der Waals surface area contributed by atoms with Crippen molar-refractivity contribution in [2.24, 2.45) is 0 Å². The smallest absolute Gasteiger partial charge is 0.226 e. The third-order valence-corrected chi connectivity index (χ3v) is 5.35. The highest BCUT2D eigenvalue weighted by Gasteiger charge is 2.07. The molecule has 112 valence electrons. The largest absolute Gasteiger partial charge is 0.302 e. The van der Waals surface area contributed by atoms with Crippen LogP contribution in [0.3, 0.4) is 0 Å². The van der Waals surface area contributed by atoms with Gasteiger partial charge in [0.05, 0.1) is 0 Å². The van der Waals surface area contributed by atoms with Gasteiger partial charge in [0.15, 0.2) is 5.13 Å². The fourth-order valence-corrected chi connectivity index (χ4v) is 3.34. The Morgan fingerprint density at radius 1 is 1.48 bits per heavy atom. The lowest BCUT2D eigenvalue weighted by Gasteiger charge is -2.02. The first-order chi connectivity index (χ1) is 10.1. The monoisotopic (exact) mass is 384 g/mol. The number of carbonyl (C=O) groups is 1. The zero-order valence-corrected chi connectivity index (χ0v) is 15.2. The summed E-state index contributed by atoms with van der Waals surface area (Å²) in [6.07, 6.45) is 5.20. The number of benzene rings is 1. The minimum absolute atomic E-state index is 0.0322. The Kier molecular flexibility index (Phi) is 6.26. The van der Waals surface area contributed by atoms with Gasteiger partial charge in [0, 0.05) is 34.1 Å². The van der Waals surface area contributed by atoms with Crippen molar-refractivity contribution in [2.75, 3.05) is 17.3 Å². The molecule has 1 amide bonds. The van der Waals surface area contributed by atoms with Gasteiger partial charge in [-0.3, -0.25) is 4.79 Å². The van der Waals surface area contributed by atoms with Crippen molar-refractivity contribution in [3.8, 4) is 0 Å². The van der Waals surface area contributed by atoms with Gasteiger partial charge in [-0.2, -0.15) is 11.8 Å². The second-order valence-corrected chi connectivity index (χ2v) is 7.64. The summed E-state index contributed by atoms with van der Waals surface area (Å²) in [7, 11) is 0. The Morgan fingerprint density at radius 3 is 3.00 bits per heavy atom. The van der Waals surface area contributed by atoms with Gasteiger partial charge in [0.1, 0.15) is 0 Å². The second kappa shape index (κ2) is 7.96. The molecule has 2 rings (SSSR count). The average molecular weight is 385 g/mol. The van der Waals surface area contributed by atoms with E-state index in [2.05, 4.69) is 51.4 Å². The Labute approximate surface area is 141 Å². The summed E-state index contributed by atoms with van der Waals surface area (Å²) in [5.41, 5.74) is 2.47. The van der Waals surface area contributed by atoms with Crippen LogP contribution >= 0.6 is 39.0 Å². The highest BCUT2D eigenvalue weighted by Crippen LogP contribution is 2.23. The highest BCUT2D eigenvalue weighted by atomic mass is 79.9. The summed E-state index contributed by atoms with van der Waals surface area (Å²) < 4.78 is 1.12. The third kappa shape index (κ3) is 5.13.